The van der Waals surface area contributed by atoms with Crippen LogP contribution in [0, 0.1) is 0 Å². The minimum atomic E-state index is -5.17. The lowest BCUT2D eigenvalue weighted by molar-refractivity contribution is -0.269. The Balaban J connectivity index is 2.88. The number of rotatable bonds is 5. The summed E-state index contributed by atoms with van der Waals surface area (Å²) in [4.78, 5) is 10.9. The van der Waals surface area contributed by atoms with Gasteiger partial charge in [0.05, 0.1) is 13.2 Å². The summed E-state index contributed by atoms with van der Waals surface area (Å²) in [7, 11) is 0. The number of halogens is 3. The number of aliphatic hydroxyl groups is 3. The number of hydrogen-bond donors (Lipinski definition) is 4. The number of amides is 1. The zero-order valence-electron chi connectivity index (χ0n) is 10.8. The third-order valence-electron chi connectivity index (χ3n) is 2.81. The van der Waals surface area contributed by atoms with Crippen molar-refractivity contribution in [2.24, 2.45) is 0 Å². The molecule has 0 aromatic carbocycles. The monoisotopic (exact) mass is 315 g/mol. The lowest BCUT2D eigenvalue weighted by atomic mass is 9.97. The van der Waals surface area contributed by atoms with Gasteiger partial charge < -0.3 is 30.1 Å². The van der Waals surface area contributed by atoms with Gasteiger partial charge in [0.1, 0.15) is 24.4 Å². The van der Waals surface area contributed by atoms with E-state index in [-0.39, 0.29) is 6.61 Å². The van der Waals surface area contributed by atoms with Gasteiger partial charge in [0.25, 0.3) is 0 Å². The van der Waals surface area contributed by atoms with Crippen molar-refractivity contribution < 1.29 is 42.8 Å². The third kappa shape index (κ3) is 4.38. The average molecular weight is 315 g/mol. The molecule has 10 heteroatoms. The zero-order valence-corrected chi connectivity index (χ0v) is 10.8. The molecule has 0 radical (unpaired) electrons. The molecule has 1 aliphatic rings. The topological polar surface area (TPSA) is 108 Å². The van der Waals surface area contributed by atoms with Gasteiger partial charge >= 0.3 is 12.1 Å². The minimum absolute atomic E-state index is 0.135. The van der Waals surface area contributed by atoms with Crippen LogP contribution in [0.15, 0.2) is 12.7 Å². The SMILES string of the molecule is C=CCOC1OC(CO)C(O)C(O)C1NC(=O)C(F)(F)F. The van der Waals surface area contributed by atoms with Crippen LogP contribution in [0.4, 0.5) is 13.2 Å². The van der Waals surface area contributed by atoms with Crippen LogP contribution in [0.25, 0.3) is 0 Å². The molecule has 1 heterocycles. The van der Waals surface area contributed by atoms with E-state index >= 15 is 0 Å². The van der Waals surface area contributed by atoms with Crippen LogP contribution in [0.3, 0.4) is 0 Å². The van der Waals surface area contributed by atoms with E-state index in [0.29, 0.717) is 0 Å². The summed E-state index contributed by atoms with van der Waals surface area (Å²) in [5.74, 6) is -2.31. The Morgan fingerprint density at radius 3 is 2.48 bits per heavy atom. The largest absolute Gasteiger partial charge is 0.471 e. The smallest absolute Gasteiger partial charge is 0.394 e. The first-order valence-corrected chi connectivity index (χ1v) is 5.95. The Morgan fingerprint density at radius 1 is 1.38 bits per heavy atom. The van der Waals surface area contributed by atoms with Gasteiger partial charge in [-0.05, 0) is 0 Å². The molecule has 1 aliphatic heterocycles. The van der Waals surface area contributed by atoms with Crippen LogP contribution in [0.2, 0.25) is 0 Å². The lowest BCUT2D eigenvalue weighted by Crippen LogP contribution is -2.65. The molecule has 4 N–H and O–H groups in total. The Kier molecular flexibility index (Phi) is 6.10. The number of carbonyl (C=O) groups excluding carboxylic acids is 1. The fourth-order valence-electron chi connectivity index (χ4n) is 1.77. The molecule has 7 nitrogen and oxygen atoms in total. The molecule has 1 fully saturated rings. The second-order valence-corrected chi connectivity index (χ2v) is 4.33. The fourth-order valence-corrected chi connectivity index (χ4v) is 1.77. The van der Waals surface area contributed by atoms with Crippen LogP contribution in [-0.4, -0.2) is 71.3 Å². The maximum absolute atomic E-state index is 12.3. The number of aliphatic hydroxyl groups excluding tert-OH is 3. The van der Waals surface area contributed by atoms with Crippen molar-refractivity contribution in [3.05, 3.63) is 12.7 Å². The van der Waals surface area contributed by atoms with Gasteiger partial charge in [-0.2, -0.15) is 13.2 Å². The van der Waals surface area contributed by atoms with Crippen molar-refractivity contribution in [1.82, 2.24) is 5.32 Å². The quantitative estimate of drug-likeness (QED) is 0.469. The van der Waals surface area contributed by atoms with Crippen LogP contribution >= 0.6 is 0 Å². The Morgan fingerprint density at radius 2 is 2.00 bits per heavy atom. The summed E-state index contributed by atoms with van der Waals surface area (Å²) >= 11 is 0. The molecule has 1 rings (SSSR count). The molecule has 1 amide bonds. The first kappa shape index (κ1) is 17.9. The molecule has 0 spiro atoms. The predicted octanol–water partition coefficient (Wildman–Crippen LogP) is -1.32. The summed E-state index contributed by atoms with van der Waals surface area (Å²) in [6.07, 6.45) is -10.1. The van der Waals surface area contributed by atoms with Crippen molar-refractivity contribution in [2.45, 2.75) is 36.8 Å². The van der Waals surface area contributed by atoms with E-state index in [1.807, 2.05) is 0 Å². The zero-order chi connectivity index (χ0) is 16.2. The molecule has 0 aliphatic carbocycles. The molecule has 5 atom stereocenters. The van der Waals surface area contributed by atoms with Gasteiger partial charge in [-0.25, -0.2) is 0 Å². The second kappa shape index (κ2) is 7.18. The van der Waals surface area contributed by atoms with Crippen molar-refractivity contribution in [1.29, 1.82) is 0 Å². The van der Waals surface area contributed by atoms with Gasteiger partial charge in [-0.15, -0.1) is 6.58 Å². The van der Waals surface area contributed by atoms with E-state index in [2.05, 4.69) is 6.58 Å². The maximum Gasteiger partial charge on any atom is 0.471 e. The lowest BCUT2D eigenvalue weighted by Gasteiger charge is -2.42. The molecule has 122 valence electrons. The Hall–Kier alpha value is -1.20. The highest BCUT2D eigenvalue weighted by Gasteiger charge is 2.49. The fraction of sp³-hybridized carbons (Fsp3) is 0.727. The van der Waals surface area contributed by atoms with Crippen molar-refractivity contribution in [3.63, 3.8) is 0 Å². The summed E-state index contributed by atoms with van der Waals surface area (Å²) in [5.41, 5.74) is 0. The van der Waals surface area contributed by atoms with E-state index in [4.69, 9.17) is 14.6 Å². The van der Waals surface area contributed by atoms with Gasteiger partial charge in [0.15, 0.2) is 6.29 Å². The first-order valence-electron chi connectivity index (χ1n) is 5.95. The number of ether oxygens (including phenoxy) is 2. The molecule has 0 aromatic rings. The number of hydrogen-bond acceptors (Lipinski definition) is 6. The molecular weight excluding hydrogens is 299 g/mol. The number of carbonyl (C=O) groups is 1. The van der Waals surface area contributed by atoms with Crippen LogP contribution in [-0.2, 0) is 14.3 Å². The van der Waals surface area contributed by atoms with E-state index < -0.39 is 49.3 Å². The second-order valence-electron chi connectivity index (χ2n) is 4.33. The van der Waals surface area contributed by atoms with Gasteiger partial charge in [0.2, 0.25) is 0 Å². The molecule has 0 saturated carbocycles. The standard InChI is InChI=1S/C11H16F3NO6/c1-2-3-20-9-6(15-10(19)11(12,13)14)8(18)7(17)5(4-16)21-9/h2,5-9,16-18H,1,3-4H2,(H,15,19). The highest BCUT2D eigenvalue weighted by atomic mass is 19.4. The third-order valence-corrected chi connectivity index (χ3v) is 2.81. The van der Waals surface area contributed by atoms with Gasteiger partial charge in [0, 0.05) is 0 Å². The minimum Gasteiger partial charge on any atom is -0.394 e. The summed E-state index contributed by atoms with van der Waals surface area (Å²) in [6, 6.07) is -1.66. The summed E-state index contributed by atoms with van der Waals surface area (Å²) in [5, 5.41) is 29.9. The van der Waals surface area contributed by atoms with E-state index in [1.54, 1.807) is 0 Å². The van der Waals surface area contributed by atoms with E-state index in [9.17, 15) is 28.2 Å². The van der Waals surface area contributed by atoms with E-state index in [1.165, 1.54) is 11.4 Å². The normalized spacial score (nSPS) is 33.5. The molecule has 1 saturated heterocycles. The molecule has 0 aromatic heterocycles. The molecule has 5 unspecified atom stereocenters. The Bertz CT molecular complexity index is 377. The van der Waals surface area contributed by atoms with Gasteiger partial charge in [-0.1, -0.05) is 6.08 Å². The summed E-state index contributed by atoms with van der Waals surface area (Å²) in [6.45, 7) is 2.51. The molecule has 21 heavy (non-hydrogen) atoms. The Labute approximate surface area is 118 Å². The van der Waals surface area contributed by atoms with Crippen molar-refractivity contribution in [2.75, 3.05) is 13.2 Å². The number of nitrogens with one attached hydrogen (secondary N) is 1. The first-order chi connectivity index (χ1) is 9.72. The number of alkyl halides is 3. The van der Waals surface area contributed by atoms with Crippen molar-refractivity contribution >= 4 is 5.91 Å². The van der Waals surface area contributed by atoms with E-state index in [0.717, 1.165) is 0 Å². The van der Waals surface area contributed by atoms with Gasteiger partial charge in [-0.3, -0.25) is 4.79 Å². The highest BCUT2D eigenvalue weighted by molar-refractivity contribution is 5.82. The highest BCUT2D eigenvalue weighted by Crippen LogP contribution is 2.24. The van der Waals surface area contributed by atoms with Crippen molar-refractivity contribution in [3.8, 4) is 0 Å². The average Bonchev–Trinajstić information content (AvgIpc) is 2.41. The molecular formula is C11H16F3NO6. The maximum atomic E-state index is 12.3. The molecule has 0 bridgehead atoms. The van der Waals surface area contributed by atoms with Crippen LogP contribution < -0.4 is 5.32 Å². The summed E-state index contributed by atoms with van der Waals surface area (Å²) < 4.78 is 46.8. The van der Waals surface area contributed by atoms with Crippen LogP contribution in [0.1, 0.15) is 0 Å². The predicted molar refractivity (Wildman–Crippen MR) is 61.9 cm³/mol. The van der Waals surface area contributed by atoms with Crippen LogP contribution in [0.5, 0.6) is 0 Å².